The first-order valence-electron chi connectivity index (χ1n) is 12.8. The Labute approximate surface area is 229 Å². The first-order valence-corrected chi connectivity index (χ1v) is 12.8. The number of carbonyl (C=O) groups is 2. The van der Waals surface area contributed by atoms with Gasteiger partial charge in [-0.2, -0.15) is 5.10 Å². The Morgan fingerprint density at radius 3 is 2.70 bits per heavy atom. The molecule has 4 aromatic rings. The largest absolute Gasteiger partial charge is 0.507 e. The summed E-state index contributed by atoms with van der Waals surface area (Å²) in [7, 11) is 1.66. The van der Waals surface area contributed by atoms with Crippen LogP contribution < -0.4 is 16.0 Å². The van der Waals surface area contributed by atoms with E-state index in [9.17, 15) is 14.4 Å². The average Bonchev–Trinajstić information content (AvgIpc) is 3.52. The third-order valence-corrected chi connectivity index (χ3v) is 6.93. The number of ether oxygens (including phenoxy) is 1. The Morgan fingerprint density at radius 1 is 1.25 bits per heavy atom. The fraction of sp³-hybridized carbons (Fsp3) is 0.333. The second-order valence-electron chi connectivity index (χ2n) is 9.55. The standard InChI is InChI=1S/C27H29N7O6/c1-16-6-4-13-29-23(16)34(20-7-5-12-28-14-20)25(35)19-10-8-18(9-11-19)21-15-30-32(3)22(21)24-31-40-26(36)33(24)17(2)39-27(37)38/h4,6,8-11,13,15,17,20,28H,5,7,12,14H2,1-3H3,(H,37,38)/t17?,20-/m1/s1. The van der Waals surface area contributed by atoms with E-state index in [-0.39, 0.29) is 17.8 Å². The lowest BCUT2D eigenvalue weighted by molar-refractivity contribution is 0.0257. The number of rotatable bonds is 7. The van der Waals surface area contributed by atoms with Crippen LogP contribution in [0, 0.1) is 6.92 Å². The van der Waals surface area contributed by atoms with Gasteiger partial charge in [-0.25, -0.2) is 19.1 Å². The molecule has 1 saturated heterocycles. The molecule has 13 heteroatoms. The SMILES string of the molecule is Cc1cccnc1N(C(=O)c1ccc(-c2cnn(C)c2-c2noc(=O)n2C(C)OC(=O)O)cc1)[C@@H]1CCCNC1. The van der Waals surface area contributed by atoms with Crippen LogP contribution in [0.25, 0.3) is 22.6 Å². The van der Waals surface area contributed by atoms with E-state index in [0.29, 0.717) is 34.7 Å². The quantitative estimate of drug-likeness (QED) is 0.329. The summed E-state index contributed by atoms with van der Waals surface area (Å²) in [6.45, 7) is 4.94. The number of piperidine rings is 1. The molecule has 0 radical (unpaired) electrons. The summed E-state index contributed by atoms with van der Waals surface area (Å²) in [5.41, 5.74) is 3.11. The van der Waals surface area contributed by atoms with Crippen molar-refractivity contribution in [2.45, 2.75) is 39.0 Å². The van der Waals surface area contributed by atoms with Crippen LogP contribution in [0.3, 0.4) is 0 Å². The van der Waals surface area contributed by atoms with Crippen molar-refractivity contribution in [3.8, 4) is 22.6 Å². The summed E-state index contributed by atoms with van der Waals surface area (Å²) < 4.78 is 12.1. The first kappa shape index (κ1) is 26.8. The third kappa shape index (κ3) is 5.10. The predicted molar refractivity (Wildman–Crippen MR) is 144 cm³/mol. The maximum absolute atomic E-state index is 13.9. The van der Waals surface area contributed by atoms with Crippen LogP contribution in [0.1, 0.15) is 41.9 Å². The van der Waals surface area contributed by atoms with Crippen molar-refractivity contribution >= 4 is 17.9 Å². The number of pyridine rings is 1. The Morgan fingerprint density at radius 2 is 2.02 bits per heavy atom. The molecule has 2 atom stereocenters. The van der Waals surface area contributed by atoms with Gasteiger partial charge in [-0.1, -0.05) is 23.4 Å². The molecule has 0 bridgehead atoms. The number of amides is 1. The van der Waals surface area contributed by atoms with E-state index in [0.717, 1.165) is 29.5 Å². The van der Waals surface area contributed by atoms with Gasteiger partial charge in [0.25, 0.3) is 5.91 Å². The van der Waals surface area contributed by atoms with Crippen LogP contribution in [0.4, 0.5) is 10.6 Å². The number of hydrogen-bond donors (Lipinski definition) is 2. The number of benzene rings is 1. The molecular formula is C27H29N7O6. The van der Waals surface area contributed by atoms with E-state index < -0.39 is 18.1 Å². The summed E-state index contributed by atoms with van der Waals surface area (Å²) in [5.74, 6) is -0.338. The molecule has 0 spiro atoms. The molecule has 13 nitrogen and oxygen atoms in total. The van der Waals surface area contributed by atoms with Gasteiger partial charge in [0, 0.05) is 30.9 Å². The fourth-order valence-corrected chi connectivity index (χ4v) is 5.00. The van der Waals surface area contributed by atoms with E-state index in [1.807, 2.05) is 19.1 Å². The molecule has 1 aliphatic heterocycles. The zero-order valence-electron chi connectivity index (χ0n) is 22.3. The Kier molecular flexibility index (Phi) is 7.47. The molecule has 40 heavy (non-hydrogen) atoms. The van der Waals surface area contributed by atoms with Crippen molar-refractivity contribution < 1.29 is 24.0 Å². The molecule has 1 aliphatic rings. The molecule has 5 rings (SSSR count). The number of carboxylic acid groups (broad SMARTS) is 1. The van der Waals surface area contributed by atoms with Gasteiger partial charge in [-0.05, 0) is 62.6 Å². The van der Waals surface area contributed by atoms with Gasteiger partial charge in [0.2, 0.25) is 5.82 Å². The highest BCUT2D eigenvalue weighted by molar-refractivity contribution is 6.06. The van der Waals surface area contributed by atoms with E-state index >= 15 is 0 Å². The van der Waals surface area contributed by atoms with Crippen LogP contribution >= 0.6 is 0 Å². The van der Waals surface area contributed by atoms with Gasteiger partial charge in [0.05, 0.1) is 12.2 Å². The topological polar surface area (TPSA) is 158 Å². The number of anilines is 1. The van der Waals surface area contributed by atoms with Gasteiger partial charge in [0.1, 0.15) is 11.5 Å². The minimum Gasteiger partial charge on any atom is -0.450 e. The molecule has 208 valence electrons. The number of nitrogens with one attached hydrogen (secondary N) is 1. The van der Waals surface area contributed by atoms with E-state index in [1.54, 1.807) is 48.6 Å². The minimum atomic E-state index is -1.55. The molecule has 1 aromatic carbocycles. The average molecular weight is 548 g/mol. The first-order chi connectivity index (χ1) is 19.3. The van der Waals surface area contributed by atoms with Crippen molar-refractivity contribution in [2.24, 2.45) is 7.05 Å². The molecule has 3 aromatic heterocycles. The van der Waals surface area contributed by atoms with Crippen molar-refractivity contribution in [3.05, 3.63) is 70.5 Å². The lowest BCUT2D eigenvalue weighted by Crippen LogP contribution is -2.49. The second-order valence-corrected chi connectivity index (χ2v) is 9.55. The lowest BCUT2D eigenvalue weighted by atomic mass is 10.0. The third-order valence-electron chi connectivity index (χ3n) is 6.93. The van der Waals surface area contributed by atoms with Crippen molar-refractivity contribution in [3.63, 3.8) is 0 Å². The molecule has 1 amide bonds. The van der Waals surface area contributed by atoms with Crippen LogP contribution in [0.15, 0.2) is 58.1 Å². The Bertz CT molecular complexity index is 1580. The fourth-order valence-electron chi connectivity index (χ4n) is 5.00. The van der Waals surface area contributed by atoms with Crippen molar-refractivity contribution in [1.82, 2.24) is 29.8 Å². The highest BCUT2D eigenvalue weighted by Crippen LogP contribution is 2.32. The smallest absolute Gasteiger partial charge is 0.450 e. The maximum Gasteiger partial charge on any atom is 0.507 e. The van der Waals surface area contributed by atoms with Crippen LogP contribution in [0.5, 0.6) is 0 Å². The van der Waals surface area contributed by atoms with E-state index in [1.165, 1.54) is 11.6 Å². The minimum absolute atomic E-state index is 0.0293. The van der Waals surface area contributed by atoms with Crippen molar-refractivity contribution in [1.29, 1.82) is 0 Å². The Balaban J connectivity index is 1.49. The number of carbonyl (C=O) groups excluding carboxylic acids is 1. The Hall–Kier alpha value is -4.78. The van der Waals surface area contributed by atoms with Gasteiger partial charge < -0.3 is 15.2 Å². The molecule has 4 heterocycles. The summed E-state index contributed by atoms with van der Waals surface area (Å²) >= 11 is 0. The number of hydrogen-bond acceptors (Lipinski definition) is 9. The molecule has 1 fully saturated rings. The zero-order chi connectivity index (χ0) is 28.4. The monoisotopic (exact) mass is 547 g/mol. The van der Waals surface area contributed by atoms with Crippen LogP contribution in [0.2, 0.25) is 0 Å². The van der Waals surface area contributed by atoms with Gasteiger partial charge in [0.15, 0.2) is 6.23 Å². The molecule has 1 unspecified atom stereocenters. The summed E-state index contributed by atoms with van der Waals surface area (Å²) in [6, 6.07) is 10.8. The summed E-state index contributed by atoms with van der Waals surface area (Å²) in [4.78, 5) is 43.6. The number of aromatic nitrogens is 5. The van der Waals surface area contributed by atoms with E-state index in [2.05, 4.69) is 20.6 Å². The van der Waals surface area contributed by atoms with Crippen LogP contribution in [-0.2, 0) is 11.8 Å². The van der Waals surface area contributed by atoms with Gasteiger partial charge in [-0.15, -0.1) is 0 Å². The molecule has 2 N–H and O–H groups in total. The highest BCUT2D eigenvalue weighted by Gasteiger charge is 2.30. The second kappa shape index (κ2) is 11.1. The van der Waals surface area contributed by atoms with Crippen LogP contribution in [-0.4, -0.2) is 60.8 Å². The normalized spacial score (nSPS) is 15.9. The summed E-state index contributed by atoms with van der Waals surface area (Å²) in [6.07, 6.45) is 2.38. The van der Waals surface area contributed by atoms with Gasteiger partial charge in [-0.3, -0.25) is 18.9 Å². The summed E-state index contributed by atoms with van der Waals surface area (Å²) in [5, 5.41) is 20.6. The van der Waals surface area contributed by atoms with Gasteiger partial charge >= 0.3 is 11.9 Å². The number of nitrogens with zero attached hydrogens (tertiary/aromatic N) is 6. The van der Waals surface area contributed by atoms with Crippen molar-refractivity contribution in [2.75, 3.05) is 18.0 Å². The highest BCUT2D eigenvalue weighted by atomic mass is 16.7. The maximum atomic E-state index is 13.9. The lowest BCUT2D eigenvalue weighted by Gasteiger charge is -2.34. The molecule has 0 saturated carbocycles. The molecular weight excluding hydrogens is 518 g/mol. The van der Waals surface area contributed by atoms with E-state index in [4.69, 9.17) is 14.4 Å². The zero-order valence-corrected chi connectivity index (χ0v) is 22.3. The molecule has 0 aliphatic carbocycles. The number of aryl methyl sites for hydroxylation is 2. The predicted octanol–water partition coefficient (Wildman–Crippen LogP) is 3.22.